The van der Waals surface area contributed by atoms with E-state index in [1.54, 1.807) is 10.9 Å². The molecule has 0 spiro atoms. The average molecular weight is 380 g/mol. The number of hydrogen-bond acceptors (Lipinski definition) is 7. The van der Waals surface area contributed by atoms with E-state index in [4.69, 9.17) is 5.14 Å². The summed E-state index contributed by atoms with van der Waals surface area (Å²) in [6.45, 7) is 1.54. The lowest BCUT2D eigenvalue weighted by Crippen LogP contribution is -2.42. The Balaban J connectivity index is 1.82. The molecule has 3 rings (SSSR count). The first-order valence-corrected chi connectivity index (χ1v) is 9.60. The van der Waals surface area contributed by atoms with Crippen LogP contribution < -0.4 is 15.4 Å². The number of hydrogen-bond donors (Lipinski definition) is 2. The molecule has 1 aromatic carbocycles. The van der Waals surface area contributed by atoms with Crippen LogP contribution in [0, 0.1) is 10.1 Å². The minimum atomic E-state index is -4.10. The van der Waals surface area contributed by atoms with Crippen LogP contribution in [0.2, 0.25) is 0 Å². The number of nitrogens with one attached hydrogen (secondary N) is 1. The molecule has 1 saturated heterocycles. The standard InChI is InChI=1S/C15H20N6O4S/c1-19-10-13(8-17-19)20-6-2-3-11(9-20)18-14-5-4-12(21(22)23)7-15(14)26(16,24)25/h4-5,7-8,10-11,18H,2-3,6,9H2,1H3,(H2,16,24,25). The van der Waals surface area contributed by atoms with E-state index < -0.39 is 14.9 Å². The lowest BCUT2D eigenvalue weighted by Gasteiger charge is -2.34. The number of sulfonamides is 1. The van der Waals surface area contributed by atoms with Gasteiger partial charge < -0.3 is 10.2 Å². The predicted octanol–water partition coefficient (Wildman–Crippen LogP) is 1.06. The highest BCUT2D eigenvalue weighted by molar-refractivity contribution is 7.89. The summed E-state index contributed by atoms with van der Waals surface area (Å²) in [7, 11) is -2.25. The third kappa shape index (κ3) is 3.94. The summed E-state index contributed by atoms with van der Waals surface area (Å²) < 4.78 is 25.4. The van der Waals surface area contributed by atoms with Crippen molar-refractivity contribution in [3.05, 3.63) is 40.7 Å². The lowest BCUT2D eigenvalue weighted by atomic mass is 10.0. The molecule has 0 saturated carbocycles. The SMILES string of the molecule is Cn1cc(N2CCCC(Nc3ccc([N+](=O)[O-])cc3S(N)(=O)=O)C2)cn1. The van der Waals surface area contributed by atoms with Crippen molar-refractivity contribution in [2.45, 2.75) is 23.8 Å². The van der Waals surface area contributed by atoms with Gasteiger partial charge in [0.25, 0.3) is 5.69 Å². The molecule has 1 aliphatic rings. The zero-order valence-electron chi connectivity index (χ0n) is 14.2. The van der Waals surface area contributed by atoms with Crippen molar-refractivity contribution in [1.82, 2.24) is 9.78 Å². The van der Waals surface area contributed by atoms with Gasteiger partial charge >= 0.3 is 0 Å². The summed E-state index contributed by atoms with van der Waals surface area (Å²) in [5, 5.41) is 23.5. The van der Waals surface area contributed by atoms with E-state index in [-0.39, 0.29) is 22.3 Å². The fourth-order valence-electron chi connectivity index (χ4n) is 3.10. The summed E-state index contributed by atoms with van der Waals surface area (Å²) >= 11 is 0. The van der Waals surface area contributed by atoms with Crippen molar-refractivity contribution in [2.24, 2.45) is 12.2 Å². The molecular formula is C15H20N6O4S. The van der Waals surface area contributed by atoms with Crippen molar-refractivity contribution in [1.29, 1.82) is 0 Å². The van der Waals surface area contributed by atoms with Crippen LogP contribution in [0.25, 0.3) is 0 Å². The Hall–Kier alpha value is -2.66. The summed E-state index contributed by atoms with van der Waals surface area (Å²) in [4.78, 5) is 12.2. The van der Waals surface area contributed by atoms with Crippen LogP contribution in [0.5, 0.6) is 0 Å². The molecule has 1 unspecified atom stereocenters. The molecule has 1 aliphatic heterocycles. The molecule has 0 bridgehead atoms. The predicted molar refractivity (Wildman–Crippen MR) is 96.5 cm³/mol. The Labute approximate surface area is 150 Å². The van der Waals surface area contributed by atoms with E-state index in [0.717, 1.165) is 31.1 Å². The number of anilines is 2. The van der Waals surface area contributed by atoms with E-state index in [1.165, 1.54) is 12.1 Å². The quantitative estimate of drug-likeness (QED) is 0.584. The van der Waals surface area contributed by atoms with Crippen molar-refractivity contribution >= 4 is 27.1 Å². The van der Waals surface area contributed by atoms with Gasteiger partial charge in [0.05, 0.1) is 22.5 Å². The van der Waals surface area contributed by atoms with Crippen LogP contribution in [-0.4, -0.2) is 42.3 Å². The second-order valence-corrected chi connectivity index (χ2v) is 7.81. The Morgan fingerprint density at radius 1 is 1.42 bits per heavy atom. The summed E-state index contributed by atoms with van der Waals surface area (Å²) in [5.74, 6) is 0. The van der Waals surface area contributed by atoms with Crippen molar-refractivity contribution in [3.8, 4) is 0 Å². The fraction of sp³-hybridized carbons (Fsp3) is 0.400. The number of nitro groups is 1. The van der Waals surface area contributed by atoms with Crippen LogP contribution >= 0.6 is 0 Å². The molecule has 10 nitrogen and oxygen atoms in total. The molecule has 1 atom stereocenters. The number of nitrogens with zero attached hydrogens (tertiary/aromatic N) is 4. The first kappa shape index (κ1) is 18.1. The van der Waals surface area contributed by atoms with Gasteiger partial charge in [0.1, 0.15) is 4.90 Å². The number of aryl methyl sites for hydroxylation is 1. The van der Waals surface area contributed by atoms with Crippen LogP contribution in [0.3, 0.4) is 0 Å². The fourth-order valence-corrected chi connectivity index (χ4v) is 3.82. The lowest BCUT2D eigenvalue weighted by molar-refractivity contribution is -0.385. The smallest absolute Gasteiger partial charge is 0.270 e. The number of primary sulfonamides is 1. The molecule has 0 amide bonds. The summed E-state index contributed by atoms with van der Waals surface area (Å²) in [5.41, 5.74) is 0.950. The Morgan fingerprint density at radius 3 is 2.81 bits per heavy atom. The van der Waals surface area contributed by atoms with Crippen molar-refractivity contribution < 1.29 is 13.3 Å². The average Bonchev–Trinajstić information content (AvgIpc) is 3.01. The molecule has 26 heavy (non-hydrogen) atoms. The monoisotopic (exact) mass is 380 g/mol. The zero-order chi connectivity index (χ0) is 18.9. The minimum absolute atomic E-state index is 0.0223. The van der Waals surface area contributed by atoms with Crippen LogP contribution in [-0.2, 0) is 17.1 Å². The first-order chi connectivity index (χ1) is 12.2. The molecule has 140 valence electrons. The Kier molecular flexibility index (Phi) is 4.83. The second-order valence-electron chi connectivity index (χ2n) is 6.28. The van der Waals surface area contributed by atoms with Gasteiger partial charge in [0.15, 0.2) is 0 Å². The van der Waals surface area contributed by atoms with E-state index in [0.29, 0.717) is 6.54 Å². The maximum absolute atomic E-state index is 11.9. The van der Waals surface area contributed by atoms with Gasteiger partial charge in [0.2, 0.25) is 10.0 Å². The highest BCUT2D eigenvalue weighted by Gasteiger charge is 2.24. The van der Waals surface area contributed by atoms with Crippen LogP contribution in [0.15, 0.2) is 35.5 Å². The van der Waals surface area contributed by atoms with Gasteiger partial charge in [0, 0.05) is 44.5 Å². The van der Waals surface area contributed by atoms with Crippen molar-refractivity contribution in [3.63, 3.8) is 0 Å². The number of rotatable bonds is 5. The number of piperidine rings is 1. The van der Waals surface area contributed by atoms with E-state index in [2.05, 4.69) is 15.3 Å². The largest absolute Gasteiger partial charge is 0.379 e. The molecule has 0 radical (unpaired) electrons. The van der Waals surface area contributed by atoms with Gasteiger partial charge in [-0.3, -0.25) is 14.8 Å². The maximum atomic E-state index is 11.9. The molecule has 2 heterocycles. The molecule has 1 fully saturated rings. The number of aromatic nitrogens is 2. The Morgan fingerprint density at radius 2 is 2.19 bits per heavy atom. The second kappa shape index (κ2) is 6.92. The molecular weight excluding hydrogens is 360 g/mol. The van der Waals surface area contributed by atoms with Gasteiger partial charge in [-0.15, -0.1) is 0 Å². The third-order valence-electron chi connectivity index (χ3n) is 4.32. The molecule has 0 aliphatic carbocycles. The molecule has 3 N–H and O–H groups in total. The summed E-state index contributed by atoms with van der Waals surface area (Å²) in [6, 6.07) is 3.62. The van der Waals surface area contributed by atoms with Gasteiger partial charge in [-0.25, -0.2) is 13.6 Å². The third-order valence-corrected chi connectivity index (χ3v) is 5.27. The highest BCUT2D eigenvalue weighted by Crippen LogP contribution is 2.28. The minimum Gasteiger partial charge on any atom is -0.379 e. The maximum Gasteiger partial charge on any atom is 0.270 e. The van der Waals surface area contributed by atoms with E-state index >= 15 is 0 Å². The topological polar surface area (TPSA) is 136 Å². The number of benzene rings is 1. The Bertz CT molecular complexity index is 926. The van der Waals surface area contributed by atoms with E-state index in [9.17, 15) is 18.5 Å². The molecule has 2 aromatic rings. The van der Waals surface area contributed by atoms with Crippen molar-refractivity contribution in [2.75, 3.05) is 23.3 Å². The van der Waals surface area contributed by atoms with Gasteiger partial charge in [-0.1, -0.05) is 0 Å². The van der Waals surface area contributed by atoms with Crippen LogP contribution in [0.1, 0.15) is 12.8 Å². The van der Waals surface area contributed by atoms with Gasteiger partial charge in [-0.2, -0.15) is 5.10 Å². The number of non-ortho nitro benzene ring substituents is 1. The highest BCUT2D eigenvalue weighted by atomic mass is 32.2. The zero-order valence-corrected chi connectivity index (χ0v) is 15.0. The summed E-state index contributed by atoms with van der Waals surface area (Å²) in [6.07, 6.45) is 5.47. The number of nitro benzene ring substituents is 1. The van der Waals surface area contributed by atoms with Crippen LogP contribution in [0.4, 0.5) is 17.1 Å². The van der Waals surface area contributed by atoms with Gasteiger partial charge in [-0.05, 0) is 18.9 Å². The molecule has 1 aromatic heterocycles. The molecule has 11 heteroatoms. The number of nitrogens with two attached hydrogens (primary N) is 1. The normalized spacial score (nSPS) is 17.9. The van der Waals surface area contributed by atoms with E-state index in [1.807, 2.05) is 13.2 Å². The first-order valence-electron chi connectivity index (χ1n) is 8.05.